The summed E-state index contributed by atoms with van der Waals surface area (Å²) in [5.74, 6) is 1.65. The van der Waals surface area contributed by atoms with Crippen LogP contribution in [-0.4, -0.2) is 59.9 Å². The van der Waals surface area contributed by atoms with Gasteiger partial charge in [0.2, 0.25) is 5.95 Å². The maximum absolute atomic E-state index is 6.03. The predicted octanol–water partition coefficient (Wildman–Crippen LogP) is 2.25. The van der Waals surface area contributed by atoms with Crippen molar-refractivity contribution in [2.45, 2.75) is 25.0 Å². The molecule has 3 aromatic rings. The molecule has 2 fully saturated rings. The first-order chi connectivity index (χ1) is 14.3. The van der Waals surface area contributed by atoms with Gasteiger partial charge in [0.25, 0.3) is 0 Å². The van der Waals surface area contributed by atoms with Crippen LogP contribution in [0.3, 0.4) is 0 Å². The lowest BCUT2D eigenvalue weighted by molar-refractivity contribution is 0.0405. The van der Waals surface area contributed by atoms with Crippen molar-refractivity contribution in [3.8, 4) is 0 Å². The largest absolute Gasteiger partial charge is 0.374 e. The van der Waals surface area contributed by atoms with Crippen LogP contribution in [0.2, 0.25) is 0 Å². The van der Waals surface area contributed by atoms with Crippen LogP contribution in [0.1, 0.15) is 12.0 Å². The number of ether oxygens (including phenoxy) is 1. The molecule has 2 aromatic heterocycles. The molecule has 7 heteroatoms. The molecule has 2 atom stereocenters. The van der Waals surface area contributed by atoms with Gasteiger partial charge in [0.05, 0.1) is 24.4 Å². The van der Waals surface area contributed by atoms with Crippen molar-refractivity contribution in [3.05, 3.63) is 54.4 Å². The lowest BCUT2D eigenvalue weighted by Gasteiger charge is -2.33. The van der Waals surface area contributed by atoms with Crippen molar-refractivity contribution in [3.63, 3.8) is 0 Å². The molecule has 2 aliphatic rings. The van der Waals surface area contributed by atoms with E-state index in [9.17, 15) is 0 Å². The van der Waals surface area contributed by atoms with E-state index in [-0.39, 0.29) is 6.10 Å². The number of morpholine rings is 1. The Bertz CT molecular complexity index is 960. The van der Waals surface area contributed by atoms with Gasteiger partial charge < -0.3 is 20.3 Å². The average molecular weight is 390 g/mol. The quantitative estimate of drug-likeness (QED) is 0.692. The number of aromatic nitrogens is 3. The van der Waals surface area contributed by atoms with E-state index < -0.39 is 0 Å². The molecule has 0 spiro atoms. The van der Waals surface area contributed by atoms with Crippen LogP contribution >= 0.6 is 0 Å². The Morgan fingerprint density at radius 3 is 2.97 bits per heavy atom. The van der Waals surface area contributed by atoms with Crippen LogP contribution in [0.15, 0.2) is 48.8 Å². The smallest absolute Gasteiger partial charge is 0.228 e. The van der Waals surface area contributed by atoms with Crippen molar-refractivity contribution >= 4 is 22.7 Å². The number of pyridine rings is 1. The highest BCUT2D eigenvalue weighted by Gasteiger charge is 2.24. The summed E-state index contributed by atoms with van der Waals surface area (Å²) in [7, 11) is 0. The molecule has 150 valence electrons. The number of fused-ring (bicyclic) bond motifs is 1. The van der Waals surface area contributed by atoms with Crippen molar-refractivity contribution in [1.82, 2.24) is 20.3 Å². The number of nitrogens with zero attached hydrogens (tertiary/aromatic N) is 4. The summed E-state index contributed by atoms with van der Waals surface area (Å²) in [6.45, 7) is 4.26. The minimum atomic E-state index is 0.134. The Balaban J connectivity index is 1.40. The zero-order valence-electron chi connectivity index (χ0n) is 16.4. The second kappa shape index (κ2) is 8.31. The predicted molar refractivity (Wildman–Crippen MR) is 114 cm³/mol. The van der Waals surface area contributed by atoms with Crippen LogP contribution in [0.4, 0.5) is 11.8 Å². The summed E-state index contributed by atoms with van der Waals surface area (Å²) in [4.78, 5) is 16.2. The third-order valence-corrected chi connectivity index (χ3v) is 5.62. The van der Waals surface area contributed by atoms with E-state index in [0.29, 0.717) is 12.6 Å². The van der Waals surface area contributed by atoms with Gasteiger partial charge in [-0.2, -0.15) is 4.98 Å². The fraction of sp³-hybridized carbons (Fsp3) is 0.409. The monoisotopic (exact) mass is 390 g/mol. The molecule has 7 nitrogen and oxygen atoms in total. The van der Waals surface area contributed by atoms with Gasteiger partial charge >= 0.3 is 0 Å². The lowest BCUT2D eigenvalue weighted by Crippen LogP contribution is -2.44. The average Bonchev–Trinajstić information content (AvgIpc) is 3.28. The molecule has 0 radical (unpaired) electrons. The van der Waals surface area contributed by atoms with Gasteiger partial charge in [-0.15, -0.1) is 0 Å². The van der Waals surface area contributed by atoms with E-state index in [2.05, 4.69) is 44.8 Å². The van der Waals surface area contributed by atoms with E-state index in [1.54, 1.807) is 6.20 Å². The third kappa shape index (κ3) is 4.16. The standard InChI is InChI=1S/C22H26N6O/c1-2-4-16(5-3-1)12-18-15-28(10-11-29-18)22-26-20-14-24-9-7-19(20)21(27-22)25-17-6-8-23-13-17/h1-5,7,9,14,17-18,23H,6,8,10-13,15H2,(H,25,26,27)/t17-,18?/m1/s1. The molecule has 2 saturated heterocycles. The highest BCUT2D eigenvalue weighted by molar-refractivity contribution is 5.89. The summed E-state index contributed by atoms with van der Waals surface area (Å²) in [5.41, 5.74) is 2.16. The van der Waals surface area contributed by atoms with E-state index in [1.165, 1.54) is 5.56 Å². The van der Waals surface area contributed by atoms with E-state index >= 15 is 0 Å². The number of anilines is 2. The fourth-order valence-electron chi connectivity index (χ4n) is 4.09. The molecule has 0 saturated carbocycles. The van der Waals surface area contributed by atoms with Crippen molar-refractivity contribution < 1.29 is 4.74 Å². The Labute approximate surface area is 170 Å². The summed E-state index contributed by atoms with van der Waals surface area (Å²) in [5, 5.41) is 8.04. The summed E-state index contributed by atoms with van der Waals surface area (Å²) in [6, 6.07) is 12.9. The van der Waals surface area contributed by atoms with Gasteiger partial charge in [-0.3, -0.25) is 4.98 Å². The van der Waals surface area contributed by atoms with Gasteiger partial charge in [-0.1, -0.05) is 30.3 Å². The van der Waals surface area contributed by atoms with E-state index in [4.69, 9.17) is 14.7 Å². The first kappa shape index (κ1) is 18.3. The molecular formula is C22H26N6O. The van der Waals surface area contributed by atoms with Gasteiger partial charge in [-0.25, -0.2) is 4.98 Å². The van der Waals surface area contributed by atoms with Crippen molar-refractivity contribution in [2.75, 3.05) is 43.0 Å². The first-order valence-corrected chi connectivity index (χ1v) is 10.3. The number of benzene rings is 1. The Kier molecular flexibility index (Phi) is 5.23. The molecule has 0 amide bonds. The Morgan fingerprint density at radius 2 is 2.10 bits per heavy atom. The van der Waals surface area contributed by atoms with Gasteiger partial charge in [0.15, 0.2) is 0 Å². The van der Waals surface area contributed by atoms with Gasteiger partial charge in [0, 0.05) is 43.7 Å². The Morgan fingerprint density at radius 1 is 1.17 bits per heavy atom. The SMILES string of the molecule is c1ccc(CC2CN(c3nc(N[C@@H]4CCNC4)c4ccncc4n3)CCO2)cc1. The van der Waals surface area contributed by atoms with E-state index in [1.807, 2.05) is 18.3 Å². The molecule has 5 rings (SSSR count). The van der Waals surface area contributed by atoms with Gasteiger partial charge in [-0.05, 0) is 24.6 Å². The van der Waals surface area contributed by atoms with Crippen LogP contribution in [0.5, 0.6) is 0 Å². The van der Waals surface area contributed by atoms with E-state index in [0.717, 1.165) is 61.7 Å². The van der Waals surface area contributed by atoms with Crippen LogP contribution in [0, 0.1) is 0 Å². The second-order valence-electron chi connectivity index (χ2n) is 7.73. The topological polar surface area (TPSA) is 75.2 Å². The van der Waals surface area contributed by atoms with Crippen molar-refractivity contribution in [2.24, 2.45) is 0 Å². The zero-order valence-corrected chi connectivity index (χ0v) is 16.4. The summed E-state index contributed by atoms with van der Waals surface area (Å²) >= 11 is 0. The molecule has 29 heavy (non-hydrogen) atoms. The molecule has 1 unspecified atom stereocenters. The minimum absolute atomic E-state index is 0.134. The number of nitrogens with one attached hydrogen (secondary N) is 2. The molecule has 2 N–H and O–H groups in total. The molecule has 2 aliphatic heterocycles. The van der Waals surface area contributed by atoms with Crippen LogP contribution in [-0.2, 0) is 11.2 Å². The van der Waals surface area contributed by atoms with Crippen LogP contribution in [0.25, 0.3) is 10.9 Å². The number of rotatable bonds is 5. The lowest BCUT2D eigenvalue weighted by atomic mass is 10.1. The zero-order chi connectivity index (χ0) is 19.5. The maximum atomic E-state index is 6.03. The fourth-order valence-corrected chi connectivity index (χ4v) is 4.09. The molecular weight excluding hydrogens is 364 g/mol. The molecule has 4 heterocycles. The highest BCUT2D eigenvalue weighted by atomic mass is 16.5. The Hall–Kier alpha value is -2.77. The number of hydrogen-bond donors (Lipinski definition) is 2. The maximum Gasteiger partial charge on any atom is 0.228 e. The first-order valence-electron chi connectivity index (χ1n) is 10.3. The molecule has 0 bridgehead atoms. The highest BCUT2D eigenvalue weighted by Crippen LogP contribution is 2.25. The molecule has 1 aromatic carbocycles. The minimum Gasteiger partial charge on any atom is -0.374 e. The van der Waals surface area contributed by atoms with Crippen LogP contribution < -0.4 is 15.5 Å². The number of hydrogen-bond acceptors (Lipinski definition) is 7. The van der Waals surface area contributed by atoms with Crippen molar-refractivity contribution in [1.29, 1.82) is 0 Å². The molecule has 0 aliphatic carbocycles. The summed E-state index contributed by atoms with van der Waals surface area (Å²) < 4.78 is 6.03. The normalized spacial score (nSPS) is 22.1. The second-order valence-corrected chi connectivity index (χ2v) is 7.73. The summed E-state index contributed by atoms with van der Waals surface area (Å²) in [6.07, 6.45) is 5.75. The third-order valence-electron chi connectivity index (χ3n) is 5.62. The van der Waals surface area contributed by atoms with Gasteiger partial charge in [0.1, 0.15) is 5.82 Å².